The number of amides is 1. The van der Waals surface area contributed by atoms with Gasteiger partial charge in [0.25, 0.3) is 5.91 Å². The number of fused-ring (bicyclic) bond motifs is 1. The summed E-state index contributed by atoms with van der Waals surface area (Å²) in [5, 5.41) is 0.360. The molecule has 1 atom stereocenters. The predicted octanol–water partition coefficient (Wildman–Crippen LogP) is 1.65. The smallest absolute Gasteiger partial charge is 0.254 e. The largest absolute Gasteiger partial charge is 0.398 e. The second kappa shape index (κ2) is 4.76. The van der Waals surface area contributed by atoms with E-state index < -0.39 is 11.3 Å². The van der Waals surface area contributed by atoms with Crippen LogP contribution < -0.4 is 16.9 Å². The molecule has 2 aromatic rings. The molecule has 0 spiro atoms. The maximum atomic E-state index is 12.3. The summed E-state index contributed by atoms with van der Waals surface area (Å²) >= 11 is 0. The van der Waals surface area contributed by atoms with Gasteiger partial charge in [-0.1, -0.05) is 13.0 Å². The van der Waals surface area contributed by atoms with E-state index in [0.717, 1.165) is 11.9 Å². The minimum absolute atomic E-state index is 0.0225. The summed E-state index contributed by atoms with van der Waals surface area (Å²) in [6.07, 6.45) is 2.39. The number of carbonyl (C=O) groups is 1. The van der Waals surface area contributed by atoms with Crippen molar-refractivity contribution in [3.05, 3.63) is 40.2 Å². The molecule has 0 bridgehead atoms. The van der Waals surface area contributed by atoms with Gasteiger partial charge in [0.1, 0.15) is 5.56 Å². The average molecular weight is 259 g/mol. The number of nitrogens with zero attached hydrogens (tertiary/aromatic N) is 1. The van der Waals surface area contributed by atoms with Crippen molar-refractivity contribution >= 4 is 22.5 Å². The van der Waals surface area contributed by atoms with Gasteiger partial charge in [-0.3, -0.25) is 9.59 Å². The number of hydrogen-bond acceptors (Lipinski definition) is 3. The van der Waals surface area contributed by atoms with Crippen molar-refractivity contribution in [2.75, 3.05) is 5.73 Å². The Morgan fingerprint density at radius 2 is 2.11 bits per heavy atom. The van der Waals surface area contributed by atoms with Crippen LogP contribution in [0.15, 0.2) is 29.2 Å². The van der Waals surface area contributed by atoms with Crippen LogP contribution in [0.5, 0.6) is 0 Å². The summed E-state index contributed by atoms with van der Waals surface area (Å²) < 4.78 is 1.88. The second-order valence-corrected chi connectivity index (χ2v) is 4.64. The van der Waals surface area contributed by atoms with Gasteiger partial charge in [0.2, 0.25) is 5.43 Å². The quantitative estimate of drug-likeness (QED) is 0.821. The molecule has 1 unspecified atom stereocenters. The van der Waals surface area contributed by atoms with Crippen molar-refractivity contribution in [1.29, 1.82) is 0 Å². The molecule has 0 aliphatic rings. The van der Waals surface area contributed by atoms with E-state index in [0.29, 0.717) is 11.1 Å². The van der Waals surface area contributed by atoms with Crippen molar-refractivity contribution in [3.63, 3.8) is 0 Å². The lowest BCUT2D eigenvalue weighted by Gasteiger charge is -2.18. The number of pyridine rings is 1. The molecular formula is C14H17N3O2. The van der Waals surface area contributed by atoms with Crippen molar-refractivity contribution in [3.8, 4) is 0 Å². The Labute approximate surface area is 110 Å². The minimum Gasteiger partial charge on any atom is -0.398 e. The van der Waals surface area contributed by atoms with Crippen molar-refractivity contribution in [2.24, 2.45) is 5.73 Å². The molecule has 0 aliphatic carbocycles. The van der Waals surface area contributed by atoms with E-state index >= 15 is 0 Å². The molecular weight excluding hydrogens is 242 g/mol. The van der Waals surface area contributed by atoms with Gasteiger partial charge < -0.3 is 16.0 Å². The number of anilines is 1. The Morgan fingerprint density at radius 1 is 1.42 bits per heavy atom. The van der Waals surface area contributed by atoms with Gasteiger partial charge in [0, 0.05) is 17.9 Å². The van der Waals surface area contributed by atoms with E-state index in [2.05, 4.69) is 0 Å². The Balaban J connectivity index is 2.97. The summed E-state index contributed by atoms with van der Waals surface area (Å²) in [6, 6.07) is 5.40. The molecule has 1 heterocycles. The van der Waals surface area contributed by atoms with Gasteiger partial charge in [-0.05, 0) is 25.5 Å². The van der Waals surface area contributed by atoms with Crippen molar-refractivity contribution in [2.45, 2.75) is 26.3 Å². The van der Waals surface area contributed by atoms with E-state index in [1.807, 2.05) is 24.5 Å². The van der Waals surface area contributed by atoms with Crippen LogP contribution in [0.1, 0.15) is 36.7 Å². The Bertz CT molecular complexity index is 704. The zero-order valence-electron chi connectivity index (χ0n) is 11.0. The van der Waals surface area contributed by atoms with Crippen LogP contribution in [-0.4, -0.2) is 10.5 Å². The zero-order valence-corrected chi connectivity index (χ0v) is 11.0. The van der Waals surface area contributed by atoms with Gasteiger partial charge in [0.05, 0.1) is 10.9 Å². The number of nitrogen functional groups attached to an aromatic ring is 1. The molecule has 5 nitrogen and oxygen atoms in total. The molecule has 0 radical (unpaired) electrons. The van der Waals surface area contributed by atoms with Crippen LogP contribution in [0.4, 0.5) is 5.69 Å². The third-order valence-corrected chi connectivity index (χ3v) is 3.42. The van der Waals surface area contributed by atoms with Gasteiger partial charge in [-0.25, -0.2) is 0 Å². The third kappa shape index (κ3) is 2.07. The van der Waals surface area contributed by atoms with Crippen LogP contribution in [0, 0.1) is 0 Å². The molecule has 2 rings (SSSR count). The van der Waals surface area contributed by atoms with E-state index in [1.165, 1.54) is 6.20 Å². The topological polar surface area (TPSA) is 91.1 Å². The highest BCUT2D eigenvalue weighted by Crippen LogP contribution is 2.22. The molecule has 0 fully saturated rings. The number of aromatic nitrogens is 1. The zero-order chi connectivity index (χ0) is 14.2. The summed E-state index contributed by atoms with van der Waals surface area (Å²) in [6.45, 7) is 4.04. The highest BCUT2D eigenvalue weighted by molar-refractivity contribution is 5.99. The fraction of sp³-hybridized carbons (Fsp3) is 0.286. The maximum Gasteiger partial charge on any atom is 0.254 e. The number of carbonyl (C=O) groups excluding carboxylic acids is 1. The molecule has 0 saturated heterocycles. The lowest BCUT2D eigenvalue weighted by Crippen LogP contribution is -2.25. The van der Waals surface area contributed by atoms with E-state index in [1.54, 1.807) is 12.1 Å². The highest BCUT2D eigenvalue weighted by atomic mass is 16.2. The van der Waals surface area contributed by atoms with Crippen LogP contribution in [0.3, 0.4) is 0 Å². The lowest BCUT2D eigenvalue weighted by atomic mass is 10.1. The van der Waals surface area contributed by atoms with Crippen molar-refractivity contribution < 1.29 is 4.79 Å². The van der Waals surface area contributed by atoms with Crippen LogP contribution >= 0.6 is 0 Å². The van der Waals surface area contributed by atoms with E-state index in [-0.39, 0.29) is 11.6 Å². The van der Waals surface area contributed by atoms with Gasteiger partial charge in [-0.15, -0.1) is 0 Å². The average Bonchev–Trinajstić information content (AvgIpc) is 2.38. The summed E-state index contributed by atoms with van der Waals surface area (Å²) in [4.78, 5) is 23.7. The van der Waals surface area contributed by atoms with E-state index in [9.17, 15) is 9.59 Å². The summed E-state index contributed by atoms with van der Waals surface area (Å²) in [5.41, 5.74) is 11.8. The molecule has 19 heavy (non-hydrogen) atoms. The summed E-state index contributed by atoms with van der Waals surface area (Å²) in [5.74, 6) is -0.729. The fourth-order valence-electron chi connectivity index (χ4n) is 2.16. The number of primary amides is 1. The molecule has 0 saturated carbocycles. The molecule has 4 N–H and O–H groups in total. The molecule has 0 aliphatic heterocycles. The Hall–Kier alpha value is -2.30. The molecule has 100 valence electrons. The normalized spacial score (nSPS) is 12.5. The van der Waals surface area contributed by atoms with Gasteiger partial charge in [0.15, 0.2) is 0 Å². The second-order valence-electron chi connectivity index (χ2n) is 4.64. The standard InChI is InChI=1S/C14H17N3O2/c1-3-8(2)17-7-9(14(16)19)13(18)12-10(15)5-4-6-11(12)17/h4-8H,3,15H2,1-2H3,(H2,16,19). The first-order valence-electron chi connectivity index (χ1n) is 6.20. The maximum absolute atomic E-state index is 12.3. The van der Waals surface area contributed by atoms with Crippen LogP contribution in [0.2, 0.25) is 0 Å². The summed E-state index contributed by atoms with van der Waals surface area (Å²) in [7, 11) is 0. The number of rotatable bonds is 3. The predicted molar refractivity (Wildman–Crippen MR) is 76.1 cm³/mol. The van der Waals surface area contributed by atoms with Crippen LogP contribution in [0.25, 0.3) is 10.9 Å². The monoisotopic (exact) mass is 259 g/mol. The SMILES string of the molecule is CCC(C)n1cc(C(N)=O)c(=O)c2c(N)cccc21. The minimum atomic E-state index is -0.729. The van der Waals surface area contributed by atoms with Gasteiger partial charge >= 0.3 is 0 Å². The lowest BCUT2D eigenvalue weighted by molar-refractivity contribution is 0.0998. The first kappa shape index (κ1) is 13.1. The number of nitrogens with two attached hydrogens (primary N) is 2. The Kier molecular flexibility index (Phi) is 3.29. The Morgan fingerprint density at radius 3 is 2.68 bits per heavy atom. The third-order valence-electron chi connectivity index (χ3n) is 3.42. The number of benzene rings is 1. The fourth-order valence-corrected chi connectivity index (χ4v) is 2.16. The van der Waals surface area contributed by atoms with E-state index in [4.69, 9.17) is 11.5 Å². The van der Waals surface area contributed by atoms with Gasteiger partial charge in [-0.2, -0.15) is 0 Å². The number of hydrogen-bond donors (Lipinski definition) is 2. The first-order chi connectivity index (χ1) is 8.97. The molecule has 1 aromatic carbocycles. The van der Waals surface area contributed by atoms with Crippen molar-refractivity contribution in [1.82, 2.24) is 4.57 Å². The molecule has 1 aromatic heterocycles. The first-order valence-corrected chi connectivity index (χ1v) is 6.20. The highest BCUT2D eigenvalue weighted by Gasteiger charge is 2.16. The molecule has 5 heteroatoms. The van der Waals surface area contributed by atoms with Crippen LogP contribution in [-0.2, 0) is 0 Å². The molecule has 1 amide bonds.